The van der Waals surface area contributed by atoms with Crippen molar-refractivity contribution in [3.8, 4) is 0 Å². The molecule has 8 amide bonds. The maximum absolute atomic E-state index is 14.9. The van der Waals surface area contributed by atoms with E-state index in [4.69, 9.17) is 0 Å². The van der Waals surface area contributed by atoms with Gasteiger partial charge in [-0.3, -0.25) is 38.4 Å². The summed E-state index contributed by atoms with van der Waals surface area (Å²) in [7, 11) is 0. The first-order chi connectivity index (χ1) is 37.7. The van der Waals surface area contributed by atoms with Crippen molar-refractivity contribution < 1.29 is 78.9 Å². The van der Waals surface area contributed by atoms with Gasteiger partial charge in [-0.1, -0.05) is 0 Å². The third kappa shape index (κ3) is 12.6. The van der Waals surface area contributed by atoms with Crippen LogP contribution in [0, 0.1) is 0 Å². The van der Waals surface area contributed by atoms with Crippen LogP contribution in [0.3, 0.4) is 0 Å². The predicted molar refractivity (Wildman–Crippen MR) is 263 cm³/mol. The van der Waals surface area contributed by atoms with Gasteiger partial charge in [-0.15, -0.1) is 0 Å². The zero-order valence-electron chi connectivity index (χ0n) is 42.6. The minimum absolute atomic E-state index is 0.0893. The number of hydrogen-bond donors (Lipinski definition) is 14. The van der Waals surface area contributed by atoms with E-state index in [-0.39, 0.29) is 90.5 Å². The summed E-state index contributed by atoms with van der Waals surface area (Å²) < 4.78 is 0. The fourth-order valence-electron chi connectivity index (χ4n) is 11.6. The van der Waals surface area contributed by atoms with Crippen molar-refractivity contribution in [3.05, 3.63) is 54.7 Å². The van der Waals surface area contributed by atoms with Crippen LogP contribution in [0.25, 0.3) is 0 Å². The minimum atomic E-state index is -1.54. The number of nitrogens with one attached hydrogen (secondary N) is 7. The molecule has 79 heavy (non-hydrogen) atoms. The molecule has 0 aliphatic carbocycles. The normalized spacial score (nSPS) is 29.9. The Kier molecular flexibility index (Phi) is 17.0. The summed E-state index contributed by atoms with van der Waals surface area (Å²) in [5.74, 6) is -7.93. The van der Waals surface area contributed by atoms with E-state index in [0.29, 0.717) is 17.1 Å². The Morgan fingerprint density at radius 3 is 1.27 bits per heavy atom. The first kappa shape index (κ1) is 56.3. The van der Waals surface area contributed by atoms with E-state index >= 15 is 0 Å². The van der Waals surface area contributed by atoms with Crippen molar-refractivity contribution in [2.75, 3.05) is 39.3 Å². The number of carboxylic acid groups (broad SMARTS) is 1. The Hall–Kier alpha value is -7.42. The highest BCUT2D eigenvalue weighted by Gasteiger charge is 2.52. The van der Waals surface area contributed by atoms with Gasteiger partial charge in [-0.25, -0.2) is 19.7 Å². The highest BCUT2D eigenvalue weighted by molar-refractivity contribution is 5.99. The fourth-order valence-corrected chi connectivity index (χ4v) is 11.6. The Morgan fingerprint density at radius 2 is 0.835 bits per heavy atom. The van der Waals surface area contributed by atoms with Crippen molar-refractivity contribution in [3.63, 3.8) is 0 Å². The lowest BCUT2D eigenvalue weighted by Gasteiger charge is -2.34. The lowest BCUT2D eigenvalue weighted by atomic mass is 10.0. The standard InChI is InChI=1S/C48H65N15O16/c64-25-4-33(52-13-25)43(73)60-15-27(66)6-36(60)45(75)59-14-26(65)5-35(59)42(72)57-32(2-23-11-50-20-54-23)40(70)56-31(1-22-10-49-19-53-22)41(71)58-34(3-24-12-51-21-55-24)44(74)61-16-28(67)7-37(61)46(76)62-17-29(68)8-38(62)47(77)63-18-30(69)9-39(63)48(78)79/h10-12,19-21,25-39,52,64-69H,1-9,13-18H2,(H,49,53)(H,50,54)(H,51,55)(H,56,70)(H,57,72)(H,58,71)(H,78,79)/t25-,26-,27-,28-,29-,30-,31+,32+,33+,34+,35+,36+,37+,38+,39+/m1/s1. The van der Waals surface area contributed by atoms with Crippen LogP contribution in [-0.4, -0.2) is 274 Å². The molecular weight excluding hydrogens is 1040 g/mol. The summed E-state index contributed by atoms with van der Waals surface area (Å²) in [5.41, 5.74) is 1.04. The zero-order valence-corrected chi connectivity index (χ0v) is 42.6. The van der Waals surface area contributed by atoms with Crippen molar-refractivity contribution in [2.45, 2.75) is 149 Å². The molecule has 0 saturated carbocycles. The second kappa shape index (κ2) is 23.9. The van der Waals surface area contributed by atoms with Gasteiger partial charge in [0.25, 0.3) is 0 Å². The zero-order chi connectivity index (χ0) is 56.4. The van der Waals surface area contributed by atoms with Gasteiger partial charge in [0, 0.05) is 126 Å². The molecule has 0 aromatic carbocycles. The van der Waals surface area contributed by atoms with Crippen molar-refractivity contribution in [2.24, 2.45) is 0 Å². The van der Waals surface area contributed by atoms with Crippen LogP contribution in [0.1, 0.15) is 55.6 Å². The predicted octanol–water partition coefficient (Wildman–Crippen LogP) is -8.05. The van der Waals surface area contributed by atoms with Crippen LogP contribution in [0.4, 0.5) is 0 Å². The number of aliphatic hydroxyl groups is 6. The number of rotatable bonds is 18. The molecule has 6 aliphatic heterocycles. The molecule has 9 heterocycles. The first-order valence-electron chi connectivity index (χ1n) is 26.1. The molecule has 6 fully saturated rings. The molecule has 6 saturated heterocycles. The summed E-state index contributed by atoms with van der Waals surface area (Å²) >= 11 is 0. The maximum Gasteiger partial charge on any atom is 0.326 e. The number of hydrogen-bond acceptors (Lipinski definition) is 19. The average Bonchev–Trinajstić information content (AvgIpc) is 4.45. The van der Waals surface area contributed by atoms with Gasteiger partial charge in [0.2, 0.25) is 47.3 Å². The third-order valence-electron chi connectivity index (χ3n) is 15.5. The summed E-state index contributed by atoms with van der Waals surface area (Å²) in [5, 5.41) is 84.3. The van der Waals surface area contributed by atoms with E-state index in [1.165, 1.54) is 42.5 Å². The maximum atomic E-state index is 14.9. The van der Waals surface area contributed by atoms with E-state index in [1.807, 2.05) is 0 Å². The fraction of sp³-hybridized carbons (Fsp3) is 0.625. The van der Waals surface area contributed by atoms with Gasteiger partial charge >= 0.3 is 5.97 Å². The number of aromatic nitrogens is 6. The number of carbonyl (C=O) groups excluding carboxylic acids is 8. The molecule has 0 unspecified atom stereocenters. The van der Waals surface area contributed by atoms with Gasteiger partial charge in [0.1, 0.15) is 48.3 Å². The molecule has 15 atom stereocenters. The molecule has 9 rings (SSSR count). The topological polar surface area (TPSA) is 446 Å². The van der Waals surface area contributed by atoms with Crippen LogP contribution in [0.2, 0.25) is 0 Å². The Balaban J connectivity index is 0.931. The van der Waals surface area contributed by atoms with Crippen molar-refractivity contribution in [1.29, 1.82) is 0 Å². The number of aromatic amines is 3. The van der Waals surface area contributed by atoms with Gasteiger partial charge in [0.05, 0.1) is 61.6 Å². The Morgan fingerprint density at radius 1 is 0.468 bits per heavy atom. The summed E-state index contributed by atoms with van der Waals surface area (Å²) in [6.45, 7) is -1.46. The molecule has 0 bridgehead atoms. The highest BCUT2D eigenvalue weighted by atomic mass is 16.4. The number of carboxylic acids is 1. The lowest BCUT2D eigenvalue weighted by Crippen LogP contribution is -2.61. The molecule has 6 aliphatic rings. The van der Waals surface area contributed by atoms with E-state index in [1.54, 1.807) is 0 Å². The number of carbonyl (C=O) groups is 9. The number of H-pyrrole nitrogens is 3. The van der Waals surface area contributed by atoms with Crippen molar-refractivity contribution >= 4 is 53.2 Å². The van der Waals surface area contributed by atoms with E-state index in [0.717, 1.165) is 19.6 Å². The lowest BCUT2D eigenvalue weighted by molar-refractivity contribution is -0.153. The molecule has 0 radical (unpaired) electrons. The number of amides is 8. The number of aliphatic carboxylic acids is 1. The summed E-state index contributed by atoms with van der Waals surface area (Å²) in [6, 6.07) is -12.2. The van der Waals surface area contributed by atoms with Crippen LogP contribution in [-0.2, 0) is 62.4 Å². The number of likely N-dealkylation sites (tertiary alicyclic amines) is 5. The smallest absolute Gasteiger partial charge is 0.326 e. The average molecular weight is 1110 g/mol. The third-order valence-corrected chi connectivity index (χ3v) is 15.5. The summed E-state index contributed by atoms with van der Waals surface area (Å²) in [4.78, 5) is 153. The molecule has 3 aromatic rings. The Labute approximate surface area is 449 Å². The number of imidazole rings is 3. The largest absolute Gasteiger partial charge is 0.480 e. The van der Waals surface area contributed by atoms with Gasteiger partial charge in [0.15, 0.2) is 0 Å². The quantitative estimate of drug-likeness (QED) is 0.0562. The molecule has 31 heteroatoms. The second-order valence-corrected chi connectivity index (χ2v) is 21.2. The van der Waals surface area contributed by atoms with Gasteiger partial charge < -0.3 is 96.5 Å². The number of nitrogens with zero attached hydrogens (tertiary/aromatic N) is 8. The molecular formula is C48H65N15O16. The van der Waals surface area contributed by atoms with Crippen LogP contribution in [0.5, 0.6) is 0 Å². The number of β-amino-alcohol motifs (C(OH)–C–C–N with tert-alkyl or cyclic N) is 6. The van der Waals surface area contributed by atoms with Crippen molar-refractivity contribution in [1.82, 2.24) is 75.7 Å². The monoisotopic (exact) mass is 1110 g/mol. The van der Waals surface area contributed by atoms with E-state index < -0.39 is 151 Å². The molecule has 0 spiro atoms. The summed E-state index contributed by atoms with van der Waals surface area (Å²) in [6.07, 6.45) is -0.537. The molecule has 428 valence electrons. The van der Waals surface area contributed by atoms with Crippen LogP contribution >= 0.6 is 0 Å². The number of aliphatic hydroxyl groups excluding tert-OH is 6. The molecule has 14 N–H and O–H groups in total. The highest BCUT2D eigenvalue weighted by Crippen LogP contribution is 2.31. The van der Waals surface area contributed by atoms with E-state index in [9.17, 15) is 78.9 Å². The first-order valence-corrected chi connectivity index (χ1v) is 26.1. The Bertz CT molecular complexity index is 2720. The SMILES string of the molecule is O=C(N[C@@H](Cc1cnc[nH]1)C(=O)N1C[C@H](O)C[C@H]1C(=O)N1C[C@H](O)C[C@H]1C(=O)N1C[C@H](O)C[C@H]1C(=O)O)[C@H](Cc1cnc[nH]1)NC(=O)[C@H](Cc1cnc[nH]1)NC(=O)[C@@H]1C[C@@H](O)CN1C(=O)[C@@H]1C[C@@H](O)CN1C(=O)[C@@H]1C[C@@H](O)CN1. The van der Waals surface area contributed by atoms with Crippen LogP contribution < -0.4 is 21.3 Å². The van der Waals surface area contributed by atoms with Gasteiger partial charge in [-0.05, 0) is 6.42 Å². The molecule has 3 aromatic heterocycles. The van der Waals surface area contributed by atoms with Crippen LogP contribution in [0.15, 0.2) is 37.6 Å². The van der Waals surface area contributed by atoms with Gasteiger partial charge in [-0.2, -0.15) is 0 Å². The second-order valence-electron chi connectivity index (χ2n) is 21.2. The van der Waals surface area contributed by atoms with E-state index in [2.05, 4.69) is 51.2 Å². The molecule has 31 nitrogen and oxygen atoms in total. The minimum Gasteiger partial charge on any atom is -0.480 e.